The Labute approximate surface area is 110 Å². The van der Waals surface area contributed by atoms with Gasteiger partial charge in [0.1, 0.15) is 9.88 Å². The Morgan fingerprint density at radius 1 is 1.17 bits per heavy atom. The van der Waals surface area contributed by atoms with Crippen molar-refractivity contribution >= 4 is 17.3 Å². The number of methoxy groups -OCH3 is 1. The second kappa shape index (κ2) is 4.90. The molecule has 0 unspecified atom stereocenters. The van der Waals surface area contributed by atoms with Crippen molar-refractivity contribution in [2.75, 3.05) is 7.11 Å². The number of aryl methyl sites for hydroxylation is 3. The van der Waals surface area contributed by atoms with E-state index in [-0.39, 0.29) is 5.97 Å². The van der Waals surface area contributed by atoms with Gasteiger partial charge in [0.05, 0.1) is 13.3 Å². The first kappa shape index (κ1) is 12.8. The van der Waals surface area contributed by atoms with Gasteiger partial charge in [-0.3, -0.25) is 0 Å². The number of thiazole rings is 1. The van der Waals surface area contributed by atoms with E-state index in [9.17, 15) is 4.79 Å². The van der Waals surface area contributed by atoms with E-state index in [1.165, 1.54) is 35.1 Å². The van der Waals surface area contributed by atoms with E-state index in [4.69, 9.17) is 4.74 Å². The molecule has 0 spiro atoms. The third kappa shape index (κ3) is 2.29. The monoisotopic (exact) mass is 261 g/mol. The van der Waals surface area contributed by atoms with Gasteiger partial charge in [-0.25, -0.2) is 9.78 Å². The van der Waals surface area contributed by atoms with Crippen LogP contribution in [0.15, 0.2) is 18.3 Å². The maximum Gasteiger partial charge on any atom is 0.349 e. The van der Waals surface area contributed by atoms with Crippen LogP contribution in [0.4, 0.5) is 0 Å². The van der Waals surface area contributed by atoms with Gasteiger partial charge in [0.2, 0.25) is 0 Å². The molecule has 0 bridgehead atoms. The summed E-state index contributed by atoms with van der Waals surface area (Å²) in [6.07, 6.45) is 1.57. The van der Waals surface area contributed by atoms with Crippen LogP contribution in [-0.2, 0) is 4.74 Å². The van der Waals surface area contributed by atoms with Crippen molar-refractivity contribution in [2.24, 2.45) is 0 Å². The molecule has 94 valence electrons. The summed E-state index contributed by atoms with van der Waals surface area (Å²) in [6.45, 7) is 6.22. The van der Waals surface area contributed by atoms with Gasteiger partial charge >= 0.3 is 5.97 Å². The highest BCUT2D eigenvalue weighted by atomic mass is 32.1. The number of nitrogens with zero attached hydrogens (tertiary/aromatic N) is 1. The molecule has 4 heteroatoms. The summed E-state index contributed by atoms with van der Waals surface area (Å²) in [5.74, 6) is -0.333. The molecule has 0 aliphatic rings. The number of rotatable bonds is 2. The first-order valence-corrected chi connectivity index (χ1v) is 6.47. The fourth-order valence-corrected chi connectivity index (χ4v) is 2.70. The smallest absolute Gasteiger partial charge is 0.349 e. The van der Waals surface area contributed by atoms with Crippen LogP contribution in [0.2, 0.25) is 0 Å². The van der Waals surface area contributed by atoms with Crippen LogP contribution in [0.3, 0.4) is 0 Å². The van der Waals surface area contributed by atoms with Crippen molar-refractivity contribution in [3.63, 3.8) is 0 Å². The molecular weight excluding hydrogens is 246 g/mol. The molecule has 0 atom stereocenters. The van der Waals surface area contributed by atoms with Gasteiger partial charge in [-0.2, -0.15) is 0 Å². The van der Waals surface area contributed by atoms with E-state index in [2.05, 4.69) is 37.9 Å². The minimum Gasteiger partial charge on any atom is -0.465 e. The predicted octanol–water partition coefficient (Wildman–Crippen LogP) is 3.52. The lowest BCUT2D eigenvalue weighted by atomic mass is 10.0. The third-order valence-electron chi connectivity index (χ3n) is 2.96. The van der Waals surface area contributed by atoms with Crippen molar-refractivity contribution < 1.29 is 9.53 Å². The van der Waals surface area contributed by atoms with Crippen molar-refractivity contribution in [3.8, 4) is 10.6 Å². The first-order valence-electron chi connectivity index (χ1n) is 5.65. The van der Waals surface area contributed by atoms with Crippen LogP contribution in [-0.4, -0.2) is 18.1 Å². The van der Waals surface area contributed by atoms with E-state index in [0.29, 0.717) is 4.88 Å². The van der Waals surface area contributed by atoms with Crippen molar-refractivity contribution in [1.29, 1.82) is 0 Å². The number of carbonyl (C=O) groups excluding carboxylic acids is 1. The lowest BCUT2D eigenvalue weighted by Gasteiger charge is -2.07. The highest BCUT2D eigenvalue weighted by Gasteiger charge is 2.13. The maximum atomic E-state index is 11.4. The molecule has 18 heavy (non-hydrogen) atoms. The highest BCUT2D eigenvalue weighted by molar-refractivity contribution is 7.16. The number of ether oxygens (including phenoxy) is 1. The van der Waals surface area contributed by atoms with E-state index >= 15 is 0 Å². The summed E-state index contributed by atoms with van der Waals surface area (Å²) in [4.78, 5) is 16.2. The second-order valence-corrected chi connectivity index (χ2v) is 5.30. The quantitative estimate of drug-likeness (QED) is 0.776. The average Bonchev–Trinajstić information content (AvgIpc) is 2.82. The molecule has 2 rings (SSSR count). The second-order valence-electron chi connectivity index (χ2n) is 4.27. The molecular formula is C14H15NO2S. The summed E-state index contributed by atoms with van der Waals surface area (Å²) in [5.41, 5.74) is 4.74. The molecule has 2 aromatic rings. The Bertz CT molecular complexity index is 602. The van der Waals surface area contributed by atoms with Crippen LogP contribution in [0.5, 0.6) is 0 Å². The predicted molar refractivity (Wildman–Crippen MR) is 73.1 cm³/mol. The number of carbonyl (C=O) groups is 1. The largest absolute Gasteiger partial charge is 0.465 e. The Morgan fingerprint density at radius 3 is 2.50 bits per heavy atom. The molecule has 1 heterocycles. The summed E-state index contributed by atoms with van der Waals surface area (Å²) >= 11 is 1.36. The van der Waals surface area contributed by atoms with E-state index in [1.807, 2.05) is 0 Å². The number of aromatic nitrogens is 1. The molecule has 0 amide bonds. The van der Waals surface area contributed by atoms with Crippen LogP contribution >= 0.6 is 11.3 Å². The minimum atomic E-state index is -0.333. The van der Waals surface area contributed by atoms with Gasteiger partial charge in [-0.05, 0) is 43.5 Å². The van der Waals surface area contributed by atoms with Gasteiger partial charge in [-0.15, -0.1) is 11.3 Å². The molecule has 0 aliphatic carbocycles. The number of hydrogen-bond donors (Lipinski definition) is 0. The molecule has 1 aromatic heterocycles. The fraction of sp³-hybridized carbons (Fsp3) is 0.286. The van der Waals surface area contributed by atoms with Crippen molar-refractivity contribution in [3.05, 3.63) is 39.9 Å². The Morgan fingerprint density at radius 2 is 1.83 bits per heavy atom. The normalized spacial score (nSPS) is 10.4. The molecule has 1 aromatic carbocycles. The topological polar surface area (TPSA) is 39.2 Å². The Hall–Kier alpha value is -1.68. The van der Waals surface area contributed by atoms with Gasteiger partial charge in [0.15, 0.2) is 0 Å². The zero-order valence-corrected chi connectivity index (χ0v) is 11.7. The zero-order valence-electron chi connectivity index (χ0n) is 10.9. The van der Waals surface area contributed by atoms with Crippen LogP contribution in [0.1, 0.15) is 26.4 Å². The number of esters is 1. The van der Waals surface area contributed by atoms with E-state index in [0.717, 1.165) is 10.6 Å². The third-order valence-corrected chi connectivity index (χ3v) is 3.97. The van der Waals surface area contributed by atoms with Gasteiger partial charge in [0.25, 0.3) is 0 Å². The Balaban J connectivity index is 2.46. The zero-order chi connectivity index (χ0) is 13.3. The average molecular weight is 261 g/mol. The molecule has 0 radical (unpaired) electrons. The summed E-state index contributed by atoms with van der Waals surface area (Å²) in [5, 5.41) is 0.857. The van der Waals surface area contributed by atoms with Crippen LogP contribution in [0.25, 0.3) is 10.6 Å². The standard InChI is InChI=1S/C14H15NO2S/c1-8-5-10(3)11(6-9(8)2)13-15-7-12(18-13)14(16)17-4/h5-7H,1-4H3. The summed E-state index contributed by atoms with van der Waals surface area (Å²) in [7, 11) is 1.38. The lowest BCUT2D eigenvalue weighted by molar-refractivity contribution is 0.0606. The fourth-order valence-electron chi connectivity index (χ4n) is 1.78. The van der Waals surface area contributed by atoms with Crippen LogP contribution in [0, 0.1) is 20.8 Å². The van der Waals surface area contributed by atoms with Gasteiger partial charge < -0.3 is 4.74 Å². The van der Waals surface area contributed by atoms with Crippen molar-refractivity contribution in [2.45, 2.75) is 20.8 Å². The summed E-state index contributed by atoms with van der Waals surface area (Å²) in [6, 6.07) is 4.26. The van der Waals surface area contributed by atoms with Crippen molar-refractivity contribution in [1.82, 2.24) is 4.98 Å². The lowest BCUT2D eigenvalue weighted by Crippen LogP contribution is -1.96. The van der Waals surface area contributed by atoms with Gasteiger partial charge in [0, 0.05) is 5.56 Å². The maximum absolute atomic E-state index is 11.4. The molecule has 0 aliphatic heterocycles. The molecule has 0 fully saturated rings. The molecule has 0 N–H and O–H groups in total. The van der Waals surface area contributed by atoms with E-state index < -0.39 is 0 Å². The number of benzene rings is 1. The van der Waals surface area contributed by atoms with E-state index in [1.54, 1.807) is 6.20 Å². The SMILES string of the molecule is COC(=O)c1cnc(-c2cc(C)c(C)cc2C)s1. The van der Waals surface area contributed by atoms with Crippen LogP contribution < -0.4 is 0 Å². The number of hydrogen-bond acceptors (Lipinski definition) is 4. The molecule has 0 saturated heterocycles. The molecule has 0 saturated carbocycles. The Kier molecular flexibility index (Phi) is 3.48. The summed E-state index contributed by atoms with van der Waals surface area (Å²) < 4.78 is 4.69. The minimum absolute atomic E-state index is 0.333. The molecule has 3 nitrogen and oxygen atoms in total. The highest BCUT2D eigenvalue weighted by Crippen LogP contribution is 2.30. The first-order chi connectivity index (χ1) is 8.52. The van der Waals surface area contributed by atoms with Gasteiger partial charge in [-0.1, -0.05) is 6.07 Å².